The monoisotopic (exact) mass is 452 g/mol. The molecule has 0 aromatic heterocycles. The van der Waals surface area contributed by atoms with E-state index in [1.165, 1.54) is 93.5 Å². The number of hydrogen-bond donors (Lipinski definition) is 0. The predicted octanol–water partition coefficient (Wildman–Crippen LogP) is 8.49. The topological polar surface area (TPSA) is 0 Å². The van der Waals surface area contributed by atoms with Crippen LogP contribution in [0.4, 0.5) is 0 Å². The fourth-order valence-electron chi connectivity index (χ4n) is 5.80. The second kappa shape index (κ2) is 9.76. The Morgan fingerprint density at radius 2 is 1.56 bits per heavy atom. The second-order valence-corrected chi connectivity index (χ2v) is 10.1. The van der Waals surface area contributed by atoms with Crippen molar-refractivity contribution in [1.82, 2.24) is 0 Å². The minimum absolute atomic E-state index is 0.725. The molecule has 3 rings (SSSR count). The highest BCUT2D eigenvalue weighted by Crippen LogP contribution is 2.53. The first-order valence-corrected chi connectivity index (χ1v) is 12.1. The van der Waals surface area contributed by atoms with Gasteiger partial charge < -0.3 is 0 Å². The van der Waals surface area contributed by atoms with E-state index in [2.05, 4.69) is 53.8 Å². The van der Waals surface area contributed by atoms with Gasteiger partial charge in [0.2, 0.25) is 0 Å². The van der Waals surface area contributed by atoms with Crippen LogP contribution in [0.5, 0.6) is 0 Å². The Hall–Kier alpha value is -0.0500. The summed E-state index contributed by atoms with van der Waals surface area (Å²) in [5.74, 6) is 1.85. The predicted molar refractivity (Wildman–Crippen MR) is 118 cm³/mol. The van der Waals surface area contributed by atoms with Crippen LogP contribution < -0.4 is 0 Å². The van der Waals surface area contributed by atoms with E-state index in [0.29, 0.717) is 0 Å². The fraction of sp³-hybridized carbons (Fsp3) is 0.750. The number of halogens is 1. The van der Waals surface area contributed by atoms with Gasteiger partial charge in [-0.3, -0.25) is 0 Å². The number of rotatable bonds is 7. The van der Waals surface area contributed by atoms with E-state index in [9.17, 15) is 0 Å². The molecule has 25 heavy (non-hydrogen) atoms. The van der Waals surface area contributed by atoms with Crippen LogP contribution in [0.15, 0.2) is 24.3 Å². The third kappa shape index (κ3) is 5.23. The van der Waals surface area contributed by atoms with Gasteiger partial charge in [0.1, 0.15) is 0 Å². The Labute approximate surface area is 169 Å². The average molecular weight is 452 g/mol. The van der Waals surface area contributed by atoms with Crippen LogP contribution in [-0.4, -0.2) is 0 Å². The van der Waals surface area contributed by atoms with Crippen LogP contribution in [0, 0.1) is 14.9 Å². The molecule has 1 heteroatoms. The van der Waals surface area contributed by atoms with Gasteiger partial charge in [0.15, 0.2) is 0 Å². The second-order valence-electron chi connectivity index (χ2n) is 8.83. The molecular weight excluding hydrogens is 415 g/mol. The zero-order chi connectivity index (χ0) is 17.5. The minimum atomic E-state index is 0.725. The van der Waals surface area contributed by atoms with Gasteiger partial charge in [-0.25, -0.2) is 0 Å². The summed E-state index contributed by atoms with van der Waals surface area (Å²) in [7, 11) is 0. The van der Waals surface area contributed by atoms with Crippen LogP contribution in [0.25, 0.3) is 0 Å². The van der Waals surface area contributed by atoms with Crippen LogP contribution >= 0.6 is 22.6 Å². The first kappa shape index (κ1) is 19.7. The Morgan fingerprint density at radius 3 is 2.20 bits per heavy atom. The highest BCUT2D eigenvalue weighted by Gasteiger charge is 2.40. The van der Waals surface area contributed by atoms with E-state index in [-0.39, 0.29) is 0 Å². The molecule has 1 aromatic carbocycles. The van der Waals surface area contributed by atoms with Crippen molar-refractivity contribution < 1.29 is 0 Å². The zero-order valence-corrected chi connectivity index (χ0v) is 18.4. The van der Waals surface area contributed by atoms with Crippen molar-refractivity contribution in [3.63, 3.8) is 0 Å². The van der Waals surface area contributed by atoms with Crippen molar-refractivity contribution in [2.75, 3.05) is 0 Å². The lowest BCUT2D eigenvalue weighted by Crippen LogP contribution is -2.35. The van der Waals surface area contributed by atoms with Gasteiger partial charge in [-0.2, -0.15) is 0 Å². The molecule has 0 amide bonds. The Balaban J connectivity index is 1.58. The van der Waals surface area contributed by atoms with E-state index in [1.54, 1.807) is 5.56 Å². The third-order valence-electron chi connectivity index (χ3n) is 7.31. The number of hydrogen-bond acceptors (Lipinski definition) is 0. The Morgan fingerprint density at radius 1 is 0.880 bits per heavy atom. The zero-order valence-electron chi connectivity index (χ0n) is 16.2. The maximum atomic E-state index is 2.42. The van der Waals surface area contributed by atoms with Crippen molar-refractivity contribution in [3.8, 4) is 0 Å². The highest BCUT2D eigenvalue weighted by atomic mass is 127. The molecular formula is C24H37I. The Kier molecular flexibility index (Phi) is 7.69. The SMILES string of the molecule is CCCCCCC1([C@H]2CC[C@H](c3ccc(I)cc3)CC2)CCCCC1. The largest absolute Gasteiger partial charge is 0.0654 e. The first-order valence-electron chi connectivity index (χ1n) is 11.0. The summed E-state index contributed by atoms with van der Waals surface area (Å²) in [4.78, 5) is 0. The molecule has 2 saturated carbocycles. The van der Waals surface area contributed by atoms with Gasteiger partial charge in [-0.1, -0.05) is 64.0 Å². The summed E-state index contributed by atoms with van der Waals surface area (Å²) in [6, 6.07) is 9.35. The molecule has 1 aromatic rings. The van der Waals surface area contributed by atoms with Crippen LogP contribution in [0.2, 0.25) is 0 Å². The van der Waals surface area contributed by atoms with Gasteiger partial charge in [0.05, 0.1) is 0 Å². The van der Waals surface area contributed by atoms with Crippen molar-refractivity contribution in [2.24, 2.45) is 11.3 Å². The van der Waals surface area contributed by atoms with Crippen LogP contribution in [0.1, 0.15) is 108 Å². The third-order valence-corrected chi connectivity index (χ3v) is 8.03. The molecule has 0 bridgehead atoms. The summed E-state index contributed by atoms with van der Waals surface area (Å²) in [6.07, 6.45) is 20.7. The summed E-state index contributed by atoms with van der Waals surface area (Å²) in [5, 5.41) is 0. The van der Waals surface area contributed by atoms with Crippen molar-refractivity contribution in [1.29, 1.82) is 0 Å². The van der Waals surface area contributed by atoms with Crippen LogP contribution in [0.3, 0.4) is 0 Å². The summed E-state index contributed by atoms with van der Waals surface area (Å²) >= 11 is 2.42. The normalized spacial score (nSPS) is 26.5. The lowest BCUT2D eigenvalue weighted by molar-refractivity contribution is 0.0506. The smallest absolute Gasteiger partial charge is 0.0130 e. The van der Waals surface area contributed by atoms with Crippen LogP contribution in [-0.2, 0) is 0 Å². The van der Waals surface area contributed by atoms with Gasteiger partial charge in [-0.15, -0.1) is 0 Å². The molecule has 2 aliphatic rings. The van der Waals surface area contributed by atoms with Gasteiger partial charge in [0.25, 0.3) is 0 Å². The number of benzene rings is 1. The fourth-order valence-corrected chi connectivity index (χ4v) is 6.16. The van der Waals surface area contributed by atoms with Crippen molar-refractivity contribution >= 4 is 22.6 Å². The van der Waals surface area contributed by atoms with E-state index < -0.39 is 0 Å². The van der Waals surface area contributed by atoms with E-state index in [4.69, 9.17) is 0 Å². The van der Waals surface area contributed by atoms with E-state index >= 15 is 0 Å². The van der Waals surface area contributed by atoms with Crippen molar-refractivity contribution in [2.45, 2.75) is 103 Å². The van der Waals surface area contributed by atoms with Gasteiger partial charge >= 0.3 is 0 Å². The molecule has 2 aliphatic carbocycles. The Bertz CT molecular complexity index is 489. The van der Waals surface area contributed by atoms with E-state index in [1.807, 2.05) is 0 Å². The molecule has 0 heterocycles. The molecule has 0 radical (unpaired) electrons. The van der Waals surface area contributed by atoms with Gasteiger partial charge in [-0.05, 0) is 102 Å². The summed E-state index contributed by atoms with van der Waals surface area (Å²) in [6.45, 7) is 2.34. The molecule has 0 N–H and O–H groups in total. The van der Waals surface area contributed by atoms with Gasteiger partial charge in [0, 0.05) is 3.57 Å². The minimum Gasteiger partial charge on any atom is -0.0654 e. The molecule has 140 valence electrons. The lowest BCUT2D eigenvalue weighted by Gasteiger charge is -2.47. The summed E-state index contributed by atoms with van der Waals surface area (Å²) < 4.78 is 1.36. The van der Waals surface area contributed by atoms with Crippen molar-refractivity contribution in [3.05, 3.63) is 33.4 Å². The first-order chi connectivity index (χ1) is 12.2. The molecule has 0 spiro atoms. The lowest BCUT2D eigenvalue weighted by atomic mass is 9.58. The highest BCUT2D eigenvalue weighted by molar-refractivity contribution is 14.1. The average Bonchev–Trinajstić information content (AvgIpc) is 2.67. The van der Waals surface area contributed by atoms with E-state index in [0.717, 1.165) is 17.3 Å². The molecule has 0 unspecified atom stereocenters. The maximum Gasteiger partial charge on any atom is 0.0130 e. The standard InChI is InChI=1S/C24H37I/c1-2-3-4-6-17-24(18-7-5-8-19-24)22-13-9-20(10-14-22)21-11-15-23(25)16-12-21/h11-12,15-16,20,22H,2-10,13-14,17-19H2,1H3/t20-,22-. The molecule has 0 nitrogen and oxygen atoms in total. The quantitative estimate of drug-likeness (QED) is 0.287. The summed E-state index contributed by atoms with van der Waals surface area (Å²) in [5.41, 5.74) is 2.32. The maximum absolute atomic E-state index is 2.42. The molecule has 0 aliphatic heterocycles. The number of unbranched alkanes of at least 4 members (excludes halogenated alkanes) is 3. The molecule has 0 saturated heterocycles. The molecule has 2 fully saturated rings. The molecule has 0 atom stereocenters.